The number of ketones is 1. The van der Waals surface area contributed by atoms with Crippen LogP contribution in [0.1, 0.15) is 39.0 Å². The number of aromatic amines is 1. The summed E-state index contributed by atoms with van der Waals surface area (Å²) in [5.74, 6) is -1.54. The molecule has 7 nitrogen and oxygen atoms in total. The van der Waals surface area contributed by atoms with Gasteiger partial charge in [0.15, 0.2) is 22.9 Å². The maximum atomic E-state index is 14.1. The van der Waals surface area contributed by atoms with Crippen LogP contribution in [0.4, 0.5) is 5.69 Å². The van der Waals surface area contributed by atoms with Crippen LogP contribution in [0.2, 0.25) is 5.02 Å². The molecule has 0 fully saturated rings. The Balaban J connectivity index is 1.58. The molecule has 0 saturated carbocycles. The van der Waals surface area contributed by atoms with Crippen molar-refractivity contribution in [2.75, 3.05) is 12.0 Å². The van der Waals surface area contributed by atoms with Crippen molar-refractivity contribution < 1.29 is 23.8 Å². The molecule has 0 aliphatic carbocycles. The van der Waals surface area contributed by atoms with E-state index in [0.29, 0.717) is 27.4 Å². The van der Waals surface area contributed by atoms with Gasteiger partial charge in [0, 0.05) is 44.3 Å². The van der Waals surface area contributed by atoms with Crippen molar-refractivity contribution in [2.24, 2.45) is 0 Å². The monoisotopic (exact) mass is 540 g/mol. The van der Waals surface area contributed by atoms with Crippen molar-refractivity contribution in [3.63, 3.8) is 0 Å². The summed E-state index contributed by atoms with van der Waals surface area (Å²) in [7, 11) is 1.48. The number of carbonyl (C=O) groups excluding carboxylic acids is 2. The number of aromatic nitrogens is 1. The van der Waals surface area contributed by atoms with Crippen LogP contribution < -0.4 is 9.64 Å². The van der Waals surface area contributed by atoms with Crippen molar-refractivity contribution in [2.45, 2.75) is 26.8 Å². The van der Waals surface area contributed by atoms with Gasteiger partial charge in [-0.1, -0.05) is 35.9 Å². The third-order valence-corrected chi connectivity index (χ3v) is 7.65. The van der Waals surface area contributed by atoms with E-state index in [1.54, 1.807) is 18.2 Å². The Hall–Kier alpha value is -4.49. The number of Topliss-reactive ketones (excluding diaryl/α,β-unsaturated/α-hetero) is 1. The van der Waals surface area contributed by atoms with E-state index in [9.17, 15) is 14.7 Å². The van der Waals surface area contributed by atoms with E-state index in [4.69, 9.17) is 20.8 Å². The van der Waals surface area contributed by atoms with E-state index in [0.717, 1.165) is 33.3 Å². The number of hydrogen-bond donors (Lipinski definition) is 2. The second kappa shape index (κ2) is 9.06. The number of furan rings is 1. The quantitative estimate of drug-likeness (QED) is 0.228. The standard InChI is InChI=1S/C31H25ClN2O5/c1-15-9-10-20(11-16(15)2)34-27(25-17(3)33-22-8-6-5-7-21(22)25)26(29(36)31(34)37)28(35)23-13-18-12-19(32)14-24(38-4)30(18)39-23/h5-14,27,33,36H,1-4H3. The molecule has 1 aliphatic heterocycles. The zero-order valence-corrected chi connectivity index (χ0v) is 22.5. The fourth-order valence-corrected chi connectivity index (χ4v) is 5.60. The maximum absolute atomic E-state index is 14.1. The van der Waals surface area contributed by atoms with Crippen LogP contribution >= 0.6 is 11.6 Å². The van der Waals surface area contributed by atoms with E-state index in [1.165, 1.54) is 12.0 Å². The van der Waals surface area contributed by atoms with Crippen molar-refractivity contribution >= 4 is 50.9 Å². The number of benzene rings is 3. The first-order valence-electron chi connectivity index (χ1n) is 12.4. The summed E-state index contributed by atoms with van der Waals surface area (Å²) in [6.07, 6.45) is 0. The molecule has 2 N–H and O–H groups in total. The van der Waals surface area contributed by atoms with Crippen LogP contribution in [0.5, 0.6) is 5.75 Å². The molecule has 1 amide bonds. The van der Waals surface area contributed by atoms with Crippen molar-refractivity contribution in [1.29, 1.82) is 0 Å². The average Bonchev–Trinajstić information content (AvgIpc) is 3.56. The molecule has 1 aliphatic rings. The third kappa shape index (κ3) is 3.81. The maximum Gasteiger partial charge on any atom is 0.294 e. The summed E-state index contributed by atoms with van der Waals surface area (Å²) in [6.45, 7) is 5.83. The van der Waals surface area contributed by atoms with Gasteiger partial charge in [-0.3, -0.25) is 14.5 Å². The number of aliphatic hydroxyl groups excluding tert-OH is 1. The van der Waals surface area contributed by atoms with E-state index < -0.39 is 23.5 Å². The Bertz CT molecular complexity index is 1860. The summed E-state index contributed by atoms with van der Waals surface area (Å²) in [6, 6.07) is 17.2. The van der Waals surface area contributed by atoms with Crippen molar-refractivity contribution in [3.05, 3.63) is 105 Å². The summed E-state index contributed by atoms with van der Waals surface area (Å²) in [5, 5.41) is 13.1. The largest absolute Gasteiger partial charge is 0.503 e. The number of fused-ring (bicyclic) bond motifs is 2. The summed E-state index contributed by atoms with van der Waals surface area (Å²) >= 11 is 6.22. The summed E-state index contributed by atoms with van der Waals surface area (Å²) in [5.41, 5.74) is 5.27. The lowest BCUT2D eigenvalue weighted by Gasteiger charge is -2.27. The number of hydrogen-bond acceptors (Lipinski definition) is 5. The second-order valence-corrected chi connectivity index (χ2v) is 10.2. The predicted octanol–water partition coefficient (Wildman–Crippen LogP) is 7.28. The van der Waals surface area contributed by atoms with Gasteiger partial charge in [0.2, 0.25) is 5.78 Å². The van der Waals surface area contributed by atoms with Gasteiger partial charge < -0.3 is 19.2 Å². The summed E-state index contributed by atoms with van der Waals surface area (Å²) < 4.78 is 11.3. The Morgan fingerprint density at radius 2 is 1.82 bits per heavy atom. The first kappa shape index (κ1) is 24.8. The van der Waals surface area contributed by atoms with Gasteiger partial charge in [-0.25, -0.2) is 0 Å². The van der Waals surface area contributed by atoms with Gasteiger partial charge in [0.1, 0.15) is 0 Å². The lowest BCUT2D eigenvalue weighted by atomic mass is 9.92. The normalized spacial score (nSPS) is 15.7. The molecule has 196 valence electrons. The lowest BCUT2D eigenvalue weighted by molar-refractivity contribution is -0.117. The second-order valence-electron chi connectivity index (χ2n) is 9.78. The Kier molecular flexibility index (Phi) is 5.77. The number of ether oxygens (including phenoxy) is 1. The minimum absolute atomic E-state index is 0.0376. The number of carbonyl (C=O) groups is 2. The van der Waals surface area contributed by atoms with E-state index in [1.807, 2.05) is 63.2 Å². The molecule has 39 heavy (non-hydrogen) atoms. The molecular formula is C31H25ClN2O5. The van der Waals surface area contributed by atoms with Gasteiger partial charge in [0.25, 0.3) is 5.91 Å². The number of aliphatic hydroxyl groups is 1. The van der Waals surface area contributed by atoms with Crippen LogP contribution in [-0.2, 0) is 4.79 Å². The Morgan fingerprint density at radius 3 is 2.56 bits per heavy atom. The molecule has 0 spiro atoms. The molecule has 5 aromatic rings. The van der Waals surface area contributed by atoms with Crippen LogP contribution in [0.15, 0.2) is 76.4 Å². The number of nitrogens with one attached hydrogen (secondary N) is 1. The number of halogens is 1. The molecule has 0 radical (unpaired) electrons. The lowest BCUT2D eigenvalue weighted by Crippen LogP contribution is -2.31. The van der Waals surface area contributed by atoms with E-state index >= 15 is 0 Å². The predicted molar refractivity (Wildman–Crippen MR) is 151 cm³/mol. The van der Waals surface area contributed by atoms with Gasteiger partial charge in [-0.05, 0) is 62.2 Å². The minimum atomic E-state index is -0.901. The molecule has 0 bridgehead atoms. The number of methoxy groups -OCH3 is 1. The van der Waals surface area contributed by atoms with Gasteiger partial charge >= 0.3 is 0 Å². The van der Waals surface area contributed by atoms with E-state index in [2.05, 4.69) is 4.98 Å². The van der Waals surface area contributed by atoms with Crippen LogP contribution in [-0.4, -0.2) is 28.9 Å². The topological polar surface area (TPSA) is 95.8 Å². The minimum Gasteiger partial charge on any atom is -0.503 e. The zero-order chi connectivity index (χ0) is 27.6. The Labute approximate surface area is 229 Å². The molecule has 1 atom stereocenters. The Morgan fingerprint density at radius 1 is 1.05 bits per heavy atom. The van der Waals surface area contributed by atoms with Crippen LogP contribution in [0.3, 0.4) is 0 Å². The van der Waals surface area contributed by atoms with Gasteiger partial charge in [-0.2, -0.15) is 0 Å². The highest BCUT2D eigenvalue weighted by molar-refractivity contribution is 6.31. The zero-order valence-electron chi connectivity index (χ0n) is 21.8. The third-order valence-electron chi connectivity index (χ3n) is 7.43. The molecule has 1 unspecified atom stereocenters. The number of para-hydroxylation sites is 1. The van der Waals surface area contributed by atoms with Gasteiger partial charge in [0.05, 0.1) is 18.7 Å². The average molecular weight is 541 g/mol. The number of anilines is 1. The molecule has 3 aromatic carbocycles. The van der Waals surface area contributed by atoms with E-state index in [-0.39, 0.29) is 11.3 Å². The highest BCUT2D eigenvalue weighted by atomic mass is 35.5. The first-order chi connectivity index (χ1) is 18.7. The first-order valence-corrected chi connectivity index (χ1v) is 12.8. The highest BCUT2D eigenvalue weighted by Gasteiger charge is 2.47. The SMILES string of the molecule is COc1cc(Cl)cc2cc(C(=O)C3=C(O)C(=O)N(c4ccc(C)c(C)c4)C3c3c(C)[nH]c4ccccc34)oc12. The number of H-pyrrole nitrogens is 1. The smallest absolute Gasteiger partial charge is 0.294 e. The fraction of sp³-hybridized carbons (Fsp3) is 0.161. The molecule has 8 heteroatoms. The van der Waals surface area contributed by atoms with Crippen molar-refractivity contribution in [3.8, 4) is 5.75 Å². The molecule has 3 heterocycles. The molecule has 2 aromatic heterocycles. The number of nitrogens with zero attached hydrogens (tertiary/aromatic N) is 1. The number of aryl methyl sites for hydroxylation is 3. The number of rotatable bonds is 5. The van der Waals surface area contributed by atoms with Crippen LogP contribution in [0, 0.1) is 20.8 Å². The molecule has 6 rings (SSSR count). The summed E-state index contributed by atoms with van der Waals surface area (Å²) in [4.78, 5) is 32.7. The highest BCUT2D eigenvalue weighted by Crippen LogP contribution is 2.46. The van der Waals surface area contributed by atoms with Crippen molar-refractivity contribution in [1.82, 2.24) is 4.98 Å². The van der Waals surface area contributed by atoms with Crippen LogP contribution in [0.25, 0.3) is 21.9 Å². The molecule has 0 saturated heterocycles. The number of amides is 1. The fourth-order valence-electron chi connectivity index (χ4n) is 5.38. The molecular weight excluding hydrogens is 516 g/mol. The van der Waals surface area contributed by atoms with Gasteiger partial charge in [-0.15, -0.1) is 0 Å².